The van der Waals surface area contributed by atoms with E-state index >= 15 is 0 Å². The number of pyridine rings is 1. The molecule has 0 saturated heterocycles. The minimum Gasteiger partial charge on any atom is -0.475 e. The number of anilines is 1. The van der Waals surface area contributed by atoms with Gasteiger partial charge in [-0.1, -0.05) is 12.1 Å². The Morgan fingerprint density at radius 1 is 0.975 bits per heavy atom. The van der Waals surface area contributed by atoms with Crippen LogP contribution in [-0.4, -0.2) is 49.5 Å². The number of carbonyl (C=O) groups is 2. The van der Waals surface area contributed by atoms with Crippen molar-refractivity contribution in [3.05, 3.63) is 76.4 Å². The van der Waals surface area contributed by atoms with E-state index in [0.717, 1.165) is 32.6 Å². The predicted octanol–water partition coefficient (Wildman–Crippen LogP) is 6.14. The van der Waals surface area contributed by atoms with Crippen molar-refractivity contribution >= 4 is 44.7 Å². The SMILES string of the molecule is N#Cc1cccc(CNc2ccc(-c3nc4ncc(Br)cc4[nH]3)cc2)c1.O=C(O)C(F)(F)F.O=C(O)C(F)(F)F. The predicted molar refractivity (Wildman–Crippen MR) is 133 cm³/mol. The molecule has 16 heteroatoms. The summed E-state index contributed by atoms with van der Waals surface area (Å²) in [5.74, 6) is -4.72. The molecule has 4 rings (SSSR count). The number of aromatic nitrogens is 3. The maximum atomic E-state index is 10.6. The van der Waals surface area contributed by atoms with Crippen LogP contribution in [0.15, 0.2) is 65.3 Å². The van der Waals surface area contributed by atoms with E-state index in [1.54, 1.807) is 12.3 Å². The quantitative estimate of drug-likeness (QED) is 0.196. The van der Waals surface area contributed by atoms with Crippen LogP contribution in [0.2, 0.25) is 0 Å². The number of hydrogen-bond donors (Lipinski definition) is 4. The fraction of sp³-hybridized carbons (Fsp3) is 0.125. The van der Waals surface area contributed by atoms with Crippen LogP contribution in [0.3, 0.4) is 0 Å². The summed E-state index contributed by atoms with van der Waals surface area (Å²) >= 11 is 3.42. The van der Waals surface area contributed by atoms with Crippen LogP contribution >= 0.6 is 15.9 Å². The first-order valence-corrected chi connectivity index (χ1v) is 11.3. The molecule has 0 aliphatic rings. The van der Waals surface area contributed by atoms with E-state index in [1.165, 1.54) is 0 Å². The van der Waals surface area contributed by atoms with E-state index in [2.05, 4.69) is 42.3 Å². The van der Waals surface area contributed by atoms with Gasteiger partial charge in [-0.3, -0.25) is 0 Å². The Kier molecular flexibility index (Phi) is 10.6. The third-order valence-electron chi connectivity index (χ3n) is 4.50. The van der Waals surface area contributed by atoms with Gasteiger partial charge in [-0.05, 0) is 64.0 Å². The molecule has 0 aliphatic heterocycles. The van der Waals surface area contributed by atoms with Crippen molar-refractivity contribution in [1.82, 2.24) is 15.0 Å². The lowest BCUT2D eigenvalue weighted by Gasteiger charge is -2.07. The van der Waals surface area contributed by atoms with Crippen LogP contribution in [0.4, 0.5) is 32.0 Å². The van der Waals surface area contributed by atoms with Gasteiger partial charge in [0, 0.05) is 28.5 Å². The van der Waals surface area contributed by atoms with Gasteiger partial charge >= 0.3 is 24.3 Å². The Morgan fingerprint density at radius 3 is 2.08 bits per heavy atom. The summed E-state index contributed by atoms with van der Waals surface area (Å²) in [4.78, 5) is 29.9. The molecule has 0 spiro atoms. The maximum absolute atomic E-state index is 10.6. The molecular formula is C24H16BrF6N5O4. The van der Waals surface area contributed by atoms with E-state index in [4.69, 9.17) is 25.1 Å². The maximum Gasteiger partial charge on any atom is 0.490 e. The topological polar surface area (TPSA) is 152 Å². The van der Waals surface area contributed by atoms with Crippen LogP contribution in [0, 0.1) is 11.3 Å². The van der Waals surface area contributed by atoms with Crippen LogP contribution in [-0.2, 0) is 16.1 Å². The minimum atomic E-state index is -5.08. The summed E-state index contributed by atoms with van der Waals surface area (Å²) in [6, 6.07) is 19.8. The highest BCUT2D eigenvalue weighted by Gasteiger charge is 2.38. The highest BCUT2D eigenvalue weighted by Crippen LogP contribution is 2.23. The second-order valence-corrected chi connectivity index (χ2v) is 8.37. The molecule has 2 aromatic heterocycles. The lowest BCUT2D eigenvalue weighted by Crippen LogP contribution is -2.21. The monoisotopic (exact) mass is 631 g/mol. The Morgan fingerprint density at radius 2 is 1.55 bits per heavy atom. The van der Waals surface area contributed by atoms with Gasteiger partial charge in [0.15, 0.2) is 5.65 Å². The second-order valence-electron chi connectivity index (χ2n) is 7.46. The van der Waals surface area contributed by atoms with E-state index in [1.807, 2.05) is 48.5 Å². The number of imidazole rings is 1. The number of rotatable bonds is 4. The molecule has 210 valence electrons. The molecule has 0 amide bonds. The molecule has 0 unspecified atom stereocenters. The van der Waals surface area contributed by atoms with Gasteiger partial charge in [0.05, 0.1) is 17.1 Å². The summed E-state index contributed by atoms with van der Waals surface area (Å²) in [5, 5.41) is 26.6. The molecule has 2 heterocycles. The van der Waals surface area contributed by atoms with Crippen molar-refractivity contribution in [3.8, 4) is 17.5 Å². The summed E-state index contributed by atoms with van der Waals surface area (Å²) < 4.78 is 64.4. The fourth-order valence-electron chi connectivity index (χ4n) is 2.71. The summed E-state index contributed by atoms with van der Waals surface area (Å²) in [5.41, 5.74) is 5.34. The first-order chi connectivity index (χ1) is 18.6. The number of hydrogen-bond acceptors (Lipinski definition) is 6. The molecule has 0 saturated carbocycles. The summed E-state index contributed by atoms with van der Waals surface area (Å²) in [6.07, 6.45) is -8.43. The standard InChI is InChI=1S/C20H14BrN5.2C2HF3O2/c21-16-9-18-20(24-12-16)26-19(25-18)15-4-6-17(7-5-15)23-11-14-3-1-2-13(8-14)10-22;2*3-2(4,5)1(6)7/h1-9,12,23H,11H2,(H,24,25,26);2*(H,6,7). The Labute approximate surface area is 229 Å². The molecule has 0 fully saturated rings. The fourth-order valence-corrected chi connectivity index (χ4v) is 3.04. The van der Waals surface area contributed by atoms with Gasteiger partial charge in [-0.2, -0.15) is 31.6 Å². The van der Waals surface area contributed by atoms with Crippen molar-refractivity contribution in [1.29, 1.82) is 5.26 Å². The number of nitrogens with zero attached hydrogens (tertiary/aromatic N) is 3. The van der Waals surface area contributed by atoms with Gasteiger partial charge in [0.2, 0.25) is 0 Å². The first kappa shape index (κ1) is 31.6. The zero-order chi connectivity index (χ0) is 30.1. The molecule has 2 aromatic carbocycles. The number of carboxylic acid groups (broad SMARTS) is 2. The lowest BCUT2D eigenvalue weighted by atomic mass is 10.1. The number of benzene rings is 2. The van der Waals surface area contributed by atoms with E-state index in [9.17, 15) is 26.3 Å². The Bertz CT molecular complexity index is 1490. The van der Waals surface area contributed by atoms with Gasteiger partial charge in [-0.25, -0.2) is 19.6 Å². The van der Waals surface area contributed by atoms with Crippen LogP contribution < -0.4 is 5.32 Å². The molecule has 0 atom stereocenters. The molecule has 40 heavy (non-hydrogen) atoms. The number of nitriles is 1. The minimum absolute atomic E-state index is 0.664. The zero-order valence-electron chi connectivity index (χ0n) is 19.7. The van der Waals surface area contributed by atoms with Crippen molar-refractivity contribution < 1.29 is 46.1 Å². The zero-order valence-corrected chi connectivity index (χ0v) is 21.3. The average Bonchev–Trinajstić information content (AvgIpc) is 3.31. The van der Waals surface area contributed by atoms with Crippen molar-refractivity contribution in [3.63, 3.8) is 0 Å². The summed E-state index contributed by atoms with van der Waals surface area (Å²) in [7, 11) is 0. The first-order valence-electron chi connectivity index (χ1n) is 10.5. The second kappa shape index (κ2) is 13.4. The van der Waals surface area contributed by atoms with Crippen molar-refractivity contribution in [2.24, 2.45) is 0 Å². The molecule has 4 N–H and O–H groups in total. The van der Waals surface area contributed by atoms with Crippen LogP contribution in [0.25, 0.3) is 22.6 Å². The number of carboxylic acids is 2. The summed E-state index contributed by atoms with van der Waals surface area (Å²) in [6.45, 7) is 0.664. The van der Waals surface area contributed by atoms with Crippen molar-refractivity contribution in [2.75, 3.05) is 5.32 Å². The average molecular weight is 632 g/mol. The molecule has 0 radical (unpaired) electrons. The smallest absolute Gasteiger partial charge is 0.475 e. The largest absolute Gasteiger partial charge is 0.490 e. The van der Waals surface area contributed by atoms with Crippen LogP contribution in [0.5, 0.6) is 0 Å². The normalized spacial score (nSPS) is 10.8. The number of H-pyrrole nitrogens is 1. The van der Waals surface area contributed by atoms with E-state index < -0.39 is 24.3 Å². The molecule has 4 aromatic rings. The highest BCUT2D eigenvalue weighted by atomic mass is 79.9. The molecule has 0 bridgehead atoms. The van der Waals surface area contributed by atoms with Gasteiger partial charge in [0.25, 0.3) is 0 Å². The number of halogens is 7. The third kappa shape index (κ3) is 9.91. The lowest BCUT2D eigenvalue weighted by molar-refractivity contribution is -0.193. The molecule has 0 aliphatic carbocycles. The number of fused-ring (bicyclic) bond motifs is 1. The van der Waals surface area contributed by atoms with Crippen LogP contribution in [0.1, 0.15) is 11.1 Å². The third-order valence-corrected chi connectivity index (χ3v) is 4.93. The van der Waals surface area contributed by atoms with Gasteiger partial charge < -0.3 is 20.5 Å². The molecule has 9 nitrogen and oxygen atoms in total. The molecular weight excluding hydrogens is 616 g/mol. The number of alkyl halides is 6. The van der Waals surface area contributed by atoms with E-state index in [0.29, 0.717) is 17.8 Å². The highest BCUT2D eigenvalue weighted by molar-refractivity contribution is 9.10. The number of aromatic amines is 1. The van der Waals surface area contributed by atoms with Gasteiger partial charge in [-0.15, -0.1) is 0 Å². The Balaban J connectivity index is 0.000000333. The Hall–Kier alpha value is -4.65. The van der Waals surface area contributed by atoms with Gasteiger partial charge in [0.1, 0.15) is 5.82 Å². The number of aliphatic carboxylic acids is 2. The van der Waals surface area contributed by atoms with E-state index in [-0.39, 0.29) is 0 Å². The van der Waals surface area contributed by atoms with Crippen molar-refractivity contribution in [2.45, 2.75) is 18.9 Å². The number of nitrogens with one attached hydrogen (secondary N) is 2.